The van der Waals surface area contributed by atoms with Crippen molar-refractivity contribution in [1.29, 1.82) is 0 Å². The molecule has 3 aromatic rings. The first-order valence-corrected chi connectivity index (χ1v) is 7.73. The van der Waals surface area contributed by atoms with Crippen LogP contribution >= 0.6 is 11.8 Å². The average molecular weight is 296 g/mol. The summed E-state index contributed by atoms with van der Waals surface area (Å²) >= 11 is 1.64. The van der Waals surface area contributed by atoms with E-state index in [2.05, 4.69) is 29.0 Å². The van der Waals surface area contributed by atoms with Crippen LogP contribution in [0.25, 0.3) is 11.5 Å². The van der Waals surface area contributed by atoms with Crippen molar-refractivity contribution < 1.29 is 4.42 Å². The fourth-order valence-electron chi connectivity index (χ4n) is 2.06. The molecule has 106 valence electrons. The average Bonchev–Trinajstić information content (AvgIpc) is 2.90. The van der Waals surface area contributed by atoms with E-state index >= 15 is 0 Å². The van der Waals surface area contributed by atoms with Gasteiger partial charge in [0.25, 0.3) is 0 Å². The van der Waals surface area contributed by atoms with Crippen LogP contribution in [0, 0.1) is 6.92 Å². The fourth-order valence-corrected chi connectivity index (χ4v) is 2.83. The maximum absolute atomic E-state index is 5.69. The smallest absolute Gasteiger partial charge is 0.228 e. The van der Waals surface area contributed by atoms with Gasteiger partial charge in [0.1, 0.15) is 10.8 Å². The van der Waals surface area contributed by atoms with Crippen molar-refractivity contribution in [2.24, 2.45) is 0 Å². The Morgan fingerprint density at radius 3 is 2.52 bits per heavy atom. The van der Waals surface area contributed by atoms with Crippen molar-refractivity contribution >= 4 is 11.8 Å². The van der Waals surface area contributed by atoms with Crippen molar-refractivity contribution in [2.75, 3.05) is 0 Å². The van der Waals surface area contributed by atoms with Gasteiger partial charge in [0.2, 0.25) is 5.89 Å². The molecule has 4 heteroatoms. The van der Waals surface area contributed by atoms with E-state index in [4.69, 9.17) is 4.42 Å². The van der Waals surface area contributed by atoms with Gasteiger partial charge in [0.05, 0.1) is 11.3 Å². The third-order valence-corrected chi connectivity index (χ3v) is 4.13. The van der Waals surface area contributed by atoms with Gasteiger partial charge in [0.15, 0.2) is 0 Å². The van der Waals surface area contributed by atoms with Gasteiger partial charge in [-0.05, 0) is 37.6 Å². The zero-order chi connectivity index (χ0) is 14.7. The van der Waals surface area contributed by atoms with Crippen LogP contribution in [0.4, 0.5) is 0 Å². The largest absolute Gasteiger partial charge is 0.441 e. The molecule has 0 bridgehead atoms. The molecular weight excluding hydrogens is 280 g/mol. The molecule has 0 fully saturated rings. The molecule has 0 atom stereocenters. The van der Waals surface area contributed by atoms with Crippen molar-refractivity contribution in [1.82, 2.24) is 9.97 Å². The summed E-state index contributed by atoms with van der Waals surface area (Å²) < 4.78 is 5.69. The molecule has 0 aliphatic carbocycles. The summed E-state index contributed by atoms with van der Waals surface area (Å²) in [6, 6.07) is 14.2. The molecule has 21 heavy (non-hydrogen) atoms. The number of pyridine rings is 1. The number of benzene rings is 1. The maximum atomic E-state index is 5.69. The van der Waals surface area contributed by atoms with Gasteiger partial charge in [-0.2, -0.15) is 0 Å². The molecule has 3 rings (SSSR count). The molecule has 0 saturated heterocycles. The Balaban J connectivity index is 1.80. The Morgan fingerprint density at radius 1 is 1.10 bits per heavy atom. The number of aryl methyl sites for hydroxylation is 2. The number of aromatic nitrogens is 2. The van der Waals surface area contributed by atoms with Crippen LogP contribution in [0.15, 0.2) is 63.0 Å². The van der Waals surface area contributed by atoms with Crippen molar-refractivity contribution in [3.05, 3.63) is 60.1 Å². The molecule has 0 radical (unpaired) electrons. The van der Waals surface area contributed by atoms with E-state index in [9.17, 15) is 0 Å². The van der Waals surface area contributed by atoms with E-state index in [1.807, 2.05) is 43.5 Å². The van der Waals surface area contributed by atoms with Crippen LogP contribution in [0.3, 0.4) is 0 Å². The summed E-state index contributed by atoms with van der Waals surface area (Å²) in [6.07, 6.45) is 2.70. The first-order valence-electron chi connectivity index (χ1n) is 6.92. The van der Waals surface area contributed by atoms with Gasteiger partial charge in [-0.25, -0.2) is 9.97 Å². The van der Waals surface area contributed by atoms with Crippen LogP contribution in [-0.4, -0.2) is 9.97 Å². The lowest BCUT2D eigenvalue weighted by Crippen LogP contribution is -1.85. The number of nitrogens with zero attached hydrogens (tertiary/aromatic N) is 2. The molecule has 2 heterocycles. The molecule has 0 N–H and O–H groups in total. The van der Waals surface area contributed by atoms with Crippen LogP contribution in [0.1, 0.15) is 18.4 Å². The first kappa shape index (κ1) is 13.9. The molecule has 2 aromatic heterocycles. The van der Waals surface area contributed by atoms with E-state index in [-0.39, 0.29) is 0 Å². The first-order chi connectivity index (χ1) is 10.3. The van der Waals surface area contributed by atoms with Crippen LogP contribution in [-0.2, 0) is 6.42 Å². The number of oxazole rings is 1. The summed E-state index contributed by atoms with van der Waals surface area (Å²) in [7, 11) is 0. The molecule has 0 saturated carbocycles. The highest BCUT2D eigenvalue weighted by Crippen LogP contribution is 2.27. The SMILES string of the molecule is CCc1nc(-c2ccc(Sc3ccccc3)nc2)oc1C. The van der Waals surface area contributed by atoms with Gasteiger partial charge in [-0.3, -0.25) is 0 Å². The van der Waals surface area contributed by atoms with E-state index in [1.165, 1.54) is 4.90 Å². The van der Waals surface area contributed by atoms with Gasteiger partial charge in [-0.1, -0.05) is 36.9 Å². The molecule has 1 aromatic carbocycles. The minimum Gasteiger partial charge on any atom is -0.441 e. The van der Waals surface area contributed by atoms with E-state index in [0.717, 1.165) is 28.5 Å². The minimum absolute atomic E-state index is 0.646. The molecule has 0 aliphatic heterocycles. The van der Waals surface area contributed by atoms with E-state index in [0.29, 0.717) is 5.89 Å². The number of rotatable bonds is 4. The predicted molar refractivity (Wildman–Crippen MR) is 84.4 cm³/mol. The Morgan fingerprint density at radius 2 is 1.90 bits per heavy atom. The lowest BCUT2D eigenvalue weighted by Gasteiger charge is -2.01. The second-order valence-corrected chi connectivity index (χ2v) is 5.77. The molecule has 3 nitrogen and oxygen atoms in total. The summed E-state index contributed by atoms with van der Waals surface area (Å²) in [5.74, 6) is 1.53. The van der Waals surface area contributed by atoms with Crippen LogP contribution in [0.5, 0.6) is 0 Å². The van der Waals surface area contributed by atoms with Crippen molar-refractivity contribution in [2.45, 2.75) is 30.2 Å². The number of hydrogen-bond donors (Lipinski definition) is 0. The lowest BCUT2D eigenvalue weighted by atomic mass is 10.3. The van der Waals surface area contributed by atoms with Crippen LogP contribution in [0.2, 0.25) is 0 Å². The topological polar surface area (TPSA) is 38.9 Å². The van der Waals surface area contributed by atoms with Crippen molar-refractivity contribution in [3.8, 4) is 11.5 Å². The Labute approximate surface area is 128 Å². The van der Waals surface area contributed by atoms with Gasteiger partial charge < -0.3 is 4.42 Å². The van der Waals surface area contributed by atoms with E-state index < -0.39 is 0 Å². The standard InChI is InChI=1S/C17H16N2OS/c1-3-15-12(2)20-17(19-15)13-9-10-16(18-11-13)21-14-7-5-4-6-8-14/h4-11H,3H2,1-2H3. The minimum atomic E-state index is 0.646. The van der Waals surface area contributed by atoms with E-state index in [1.54, 1.807) is 11.8 Å². The summed E-state index contributed by atoms with van der Waals surface area (Å²) in [6.45, 7) is 4.02. The quantitative estimate of drug-likeness (QED) is 0.696. The zero-order valence-electron chi connectivity index (χ0n) is 12.0. The third kappa shape index (κ3) is 3.16. The molecule has 0 unspecified atom stereocenters. The summed E-state index contributed by atoms with van der Waals surface area (Å²) in [5.41, 5.74) is 1.92. The molecule has 0 spiro atoms. The monoisotopic (exact) mass is 296 g/mol. The van der Waals surface area contributed by atoms with Crippen LogP contribution < -0.4 is 0 Å². The molecule has 0 aliphatic rings. The lowest BCUT2D eigenvalue weighted by molar-refractivity contribution is 0.539. The predicted octanol–water partition coefficient (Wildman–Crippen LogP) is 4.76. The summed E-state index contributed by atoms with van der Waals surface area (Å²) in [5, 5.41) is 0.962. The normalized spacial score (nSPS) is 10.8. The Hall–Kier alpha value is -2.07. The highest BCUT2D eigenvalue weighted by molar-refractivity contribution is 7.99. The summed E-state index contributed by atoms with van der Waals surface area (Å²) in [4.78, 5) is 10.2. The second kappa shape index (κ2) is 6.14. The number of hydrogen-bond acceptors (Lipinski definition) is 4. The fraction of sp³-hybridized carbons (Fsp3) is 0.176. The highest BCUT2D eigenvalue weighted by atomic mass is 32.2. The molecular formula is C17H16N2OS. The zero-order valence-corrected chi connectivity index (χ0v) is 12.9. The highest BCUT2D eigenvalue weighted by Gasteiger charge is 2.10. The van der Waals surface area contributed by atoms with Gasteiger partial charge >= 0.3 is 0 Å². The molecule has 0 amide bonds. The Kier molecular flexibility index (Phi) is 4.06. The third-order valence-electron chi connectivity index (χ3n) is 3.18. The second-order valence-electron chi connectivity index (χ2n) is 4.68. The van der Waals surface area contributed by atoms with Crippen molar-refractivity contribution in [3.63, 3.8) is 0 Å². The Bertz CT molecular complexity index is 720. The van der Waals surface area contributed by atoms with Gasteiger partial charge in [-0.15, -0.1) is 0 Å². The van der Waals surface area contributed by atoms with Gasteiger partial charge in [0, 0.05) is 11.1 Å². The maximum Gasteiger partial charge on any atom is 0.228 e.